The number of nitrogens with zero attached hydrogens (tertiary/aromatic N) is 1. The molecule has 0 amide bonds. The minimum Gasteiger partial charge on any atom is -0.429 e. The summed E-state index contributed by atoms with van der Waals surface area (Å²) in [4.78, 5) is 0. The van der Waals surface area contributed by atoms with Crippen molar-refractivity contribution < 1.29 is 44.6 Å². The lowest BCUT2D eigenvalue weighted by molar-refractivity contribution is -0.189. The van der Waals surface area contributed by atoms with E-state index in [1.165, 1.54) is 6.07 Å². The van der Waals surface area contributed by atoms with Crippen LogP contribution in [-0.2, 0) is 10.8 Å². The maximum absolute atomic E-state index is 14.8. The van der Waals surface area contributed by atoms with E-state index in [1.54, 1.807) is 0 Å². The zero-order chi connectivity index (χ0) is 27.1. The van der Waals surface area contributed by atoms with Crippen LogP contribution >= 0.6 is 0 Å². The summed E-state index contributed by atoms with van der Waals surface area (Å²) in [5, 5.41) is 8.65. The Labute approximate surface area is 213 Å². The van der Waals surface area contributed by atoms with Crippen molar-refractivity contribution in [3.8, 4) is 22.9 Å². The van der Waals surface area contributed by atoms with Crippen LogP contribution in [0.2, 0.25) is 0 Å². The van der Waals surface area contributed by atoms with E-state index in [2.05, 4.69) is 4.74 Å². The van der Waals surface area contributed by atoms with E-state index in [0.717, 1.165) is 18.6 Å². The molecule has 1 fully saturated rings. The Balaban J connectivity index is 0.00000400. The molecule has 2 atom stereocenters. The van der Waals surface area contributed by atoms with Gasteiger partial charge in [-0.25, -0.2) is 26.3 Å². The van der Waals surface area contributed by atoms with Crippen LogP contribution in [0, 0.1) is 52.2 Å². The molecule has 0 N–H and O–H groups in total. The number of alkyl halides is 2. The van der Waals surface area contributed by atoms with E-state index < -0.39 is 75.1 Å². The SMILES string of the molecule is C.CC1CC[C@@H](c2cc(F)c(-c3cc(F)c(C(F)(F)Oc4cc(F)c(C#N)c(F)c4)c(F)c3)c(F)c2)OC1. The van der Waals surface area contributed by atoms with Gasteiger partial charge in [-0.05, 0) is 54.2 Å². The number of hydrogen-bond acceptors (Lipinski definition) is 3. The quantitative estimate of drug-likeness (QED) is 0.304. The summed E-state index contributed by atoms with van der Waals surface area (Å²) in [5.74, 6) is -10.2. The van der Waals surface area contributed by atoms with Gasteiger partial charge >= 0.3 is 6.11 Å². The van der Waals surface area contributed by atoms with Gasteiger partial charge in [0, 0.05) is 18.7 Å². The minimum absolute atomic E-state index is 0. The average molecular weight is 543 g/mol. The number of nitriles is 1. The minimum atomic E-state index is -4.80. The van der Waals surface area contributed by atoms with Crippen LogP contribution in [0.1, 0.15) is 50.0 Å². The largest absolute Gasteiger partial charge is 0.432 e. The third kappa shape index (κ3) is 5.60. The van der Waals surface area contributed by atoms with Crippen LogP contribution in [0.4, 0.5) is 35.1 Å². The predicted molar refractivity (Wildman–Crippen MR) is 121 cm³/mol. The molecule has 1 unspecified atom stereocenters. The van der Waals surface area contributed by atoms with Gasteiger partial charge in [0.1, 0.15) is 57.8 Å². The van der Waals surface area contributed by atoms with Gasteiger partial charge in [-0.2, -0.15) is 14.0 Å². The van der Waals surface area contributed by atoms with Gasteiger partial charge in [0.05, 0.1) is 11.7 Å². The highest BCUT2D eigenvalue weighted by atomic mass is 19.3. The highest BCUT2D eigenvalue weighted by Crippen LogP contribution is 2.39. The van der Waals surface area contributed by atoms with Crippen molar-refractivity contribution in [2.45, 2.75) is 39.4 Å². The van der Waals surface area contributed by atoms with Crippen LogP contribution in [0.25, 0.3) is 11.1 Å². The predicted octanol–water partition coefficient (Wildman–Crippen LogP) is 8.31. The molecule has 38 heavy (non-hydrogen) atoms. The van der Waals surface area contributed by atoms with Crippen molar-refractivity contribution in [3.63, 3.8) is 0 Å². The fraction of sp³-hybridized carbons (Fsp3) is 0.296. The first-order valence-electron chi connectivity index (χ1n) is 11.0. The van der Waals surface area contributed by atoms with Gasteiger partial charge in [0.25, 0.3) is 0 Å². The summed E-state index contributed by atoms with van der Waals surface area (Å²) < 4.78 is 125. The van der Waals surface area contributed by atoms with Gasteiger partial charge in [-0.15, -0.1) is 0 Å². The molecule has 0 radical (unpaired) electrons. The molecular weight excluding hydrogens is 522 g/mol. The molecule has 1 aliphatic heterocycles. The summed E-state index contributed by atoms with van der Waals surface area (Å²) in [6.45, 7) is 2.36. The Morgan fingerprint density at radius 1 is 0.842 bits per heavy atom. The van der Waals surface area contributed by atoms with Gasteiger partial charge in [-0.1, -0.05) is 14.4 Å². The third-order valence-electron chi connectivity index (χ3n) is 5.94. The van der Waals surface area contributed by atoms with Crippen molar-refractivity contribution >= 4 is 0 Å². The van der Waals surface area contributed by atoms with Crippen molar-refractivity contribution in [2.75, 3.05) is 6.61 Å². The molecule has 4 rings (SSSR count). The van der Waals surface area contributed by atoms with E-state index in [9.17, 15) is 35.1 Å². The molecule has 0 saturated carbocycles. The van der Waals surface area contributed by atoms with Crippen molar-refractivity contribution in [2.24, 2.45) is 5.92 Å². The molecule has 3 aromatic carbocycles. The molecule has 0 bridgehead atoms. The van der Waals surface area contributed by atoms with Gasteiger partial charge in [-0.3, -0.25) is 0 Å². The lowest BCUT2D eigenvalue weighted by Gasteiger charge is -2.27. The molecule has 1 heterocycles. The lowest BCUT2D eigenvalue weighted by Crippen LogP contribution is -2.25. The molecule has 0 aromatic heterocycles. The standard InChI is InChI=1S/C26H17F8NO2.CH4/c1-12-2-3-23(36-11-12)13-4-19(29)24(20(30)5-13)14-6-21(31)25(22(32)7-14)26(33,34)37-15-8-17(27)16(10-35)18(28)9-15;/h4-9,12,23H,2-3,11H2,1H3;1H4/t12?,23-;/m0./s1. The Bertz CT molecular complexity index is 1330. The molecule has 3 nitrogen and oxygen atoms in total. The van der Waals surface area contributed by atoms with E-state index in [4.69, 9.17) is 10.00 Å². The van der Waals surface area contributed by atoms with Gasteiger partial charge in [0.15, 0.2) is 0 Å². The molecule has 3 aromatic rings. The monoisotopic (exact) mass is 543 g/mol. The average Bonchev–Trinajstić information content (AvgIpc) is 2.78. The summed E-state index contributed by atoms with van der Waals surface area (Å²) in [6, 6.07) is 4.13. The molecule has 0 aliphatic carbocycles. The second-order valence-corrected chi connectivity index (χ2v) is 8.67. The van der Waals surface area contributed by atoms with Gasteiger partial charge in [0.2, 0.25) is 0 Å². The normalized spacial score (nSPS) is 17.5. The maximum Gasteiger partial charge on any atom is 0.432 e. The third-order valence-corrected chi connectivity index (χ3v) is 5.94. The number of halogens is 8. The maximum atomic E-state index is 14.8. The number of hydrogen-bond donors (Lipinski definition) is 0. The van der Waals surface area contributed by atoms with Crippen LogP contribution in [0.5, 0.6) is 5.75 Å². The van der Waals surface area contributed by atoms with Crippen LogP contribution in [0.3, 0.4) is 0 Å². The zero-order valence-corrected chi connectivity index (χ0v) is 19.0. The second kappa shape index (κ2) is 11.0. The fourth-order valence-electron chi connectivity index (χ4n) is 4.11. The highest BCUT2D eigenvalue weighted by Gasteiger charge is 2.42. The molecule has 0 spiro atoms. The highest BCUT2D eigenvalue weighted by molar-refractivity contribution is 5.66. The number of rotatable bonds is 5. The Morgan fingerprint density at radius 3 is 1.87 bits per heavy atom. The Morgan fingerprint density at radius 2 is 1.39 bits per heavy atom. The number of benzene rings is 3. The fourth-order valence-corrected chi connectivity index (χ4v) is 4.11. The summed E-state index contributed by atoms with van der Waals surface area (Å²) in [6.07, 6.45) is -4.08. The molecule has 202 valence electrons. The van der Waals surface area contributed by atoms with E-state index in [-0.39, 0.29) is 43.2 Å². The second-order valence-electron chi connectivity index (χ2n) is 8.67. The first kappa shape index (κ1) is 28.9. The van der Waals surface area contributed by atoms with Crippen molar-refractivity contribution in [3.05, 3.63) is 88.0 Å². The molecule has 11 heteroatoms. The molecule has 1 saturated heterocycles. The van der Waals surface area contributed by atoms with Crippen molar-refractivity contribution in [1.82, 2.24) is 0 Å². The zero-order valence-electron chi connectivity index (χ0n) is 19.0. The van der Waals surface area contributed by atoms with Crippen LogP contribution in [-0.4, -0.2) is 6.61 Å². The van der Waals surface area contributed by atoms with Gasteiger partial charge < -0.3 is 9.47 Å². The van der Waals surface area contributed by atoms with E-state index >= 15 is 0 Å². The van der Waals surface area contributed by atoms with E-state index in [0.29, 0.717) is 13.0 Å². The molecule has 1 aliphatic rings. The molecular formula is C27H21F8NO2. The van der Waals surface area contributed by atoms with Crippen LogP contribution < -0.4 is 4.74 Å². The smallest absolute Gasteiger partial charge is 0.429 e. The van der Waals surface area contributed by atoms with E-state index in [1.807, 2.05) is 6.92 Å². The Kier molecular flexibility index (Phi) is 8.36. The first-order chi connectivity index (χ1) is 17.4. The summed E-state index contributed by atoms with van der Waals surface area (Å²) in [5.41, 5.74) is -4.40. The summed E-state index contributed by atoms with van der Waals surface area (Å²) in [7, 11) is 0. The topological polar surface area (TPSA) is 42.2 Å². The summed E-state index contributed by atoms with van der Waals surface area (Å²) >= 11 is 0. The Hall–Kier alpha value is -3.65. The lowest BCUT2D eigenvalue weighted by atomic mass is 9.93. The first-order valence-corrected chi connectivity index (χ1v) is 11.0. The van der Waals surface area contributed by atoms with Crippen LogP contribution in [0.15, 0.2) is 36.4 Å². The number of ether oxygens (including phenoxy) is 2. The van der Waals surface area contributed by atoms with Crippen molar-refractivity contribution in [1.29, 1.82) is 5.26 Å².